The minimum absolute atomic E-state index is 0.0447. The van der Waals surface area contributed by atoms with E-state index in [1.165, 1.54) is 20.8 Å². The molecule has 4 aliphatic rings. The number of ether oxygens (including phenoxy) is 3. The van der Waals surface area contributed by atoms with Crippen molar-refractivity contribution in [3.63, 3.8) is 0 Å². The molecule has 1 spiro atoms. The molecule has 9 heteroatoms. The van der Waals surface area contributed by atoms with Crippen LogP contribution in [0.3, 0.4) is 0 Å². The van der Waals surface area contributed by atoms with E-state index in [9.17, 15) is 29.1 Å². The van der Waals surface area contributed by atoms with Crippen molar-refractivity contribution in [1.82, 2.24) is 0 Å². The van der Waals surface area contributed by atoms with E-state index in [1.807, 2.05) is 0 Å². The van der Waals surface area contributed by atoms with Gasteiger partial charge in [0.05, 0.1) is 11.5 Å². The SMILES string of the molecule is C=C1C(=O)[C@@]23CC(=O)[C@@H]4C(C)(C)[C@@H](O)C[C@@H](OC(C)=O)C4(C)[C@@H]2C(OC(C)=O)CC1C3OC(C)=O. The predicted molar refractivity (Wildman–Crippen MR) is 120 cm³/mol. The first-order valence-corrected chi connectivity index (χ1v) is 12.1. The van der Waals surface area contributed by atoms with E-state index in [2.05, 4.69) is 6.58 Å². The van der Waals surface area contributed by atoms with Crippen molar-refractivity contribution in [2.24, 2.45) is 34.0 Å². The highest BCUT2D eigenvalue weighted by Gasteiger charge is 2.79. The van der Waals surface area contributed by atoms with Crippen LogP contribution in [0.15, 0.2) is 12.2 Å². The van der Waals surface area contributed by atoms with Gasteiger partial charge in [0, 0.05) is 62.2 Å². The zero-order valence-electron chi connectivity index (χ0n) is 21.1. The molecule has 0 saturated heterocycles. The molecule has 4 saturated carbocycles. The monoisotopic (exact) mass is 490 g/mol. The van der Waals surface area contributed by atoms with Crippen LogP contribution in [0.5, 0.6) is 0 Å². The maximum Gasteiger partial charge on any atom is 0.302 e. The molecule has 0 heterocycles. The molecular weight excluding hydrogens is 456 g/mol. The molecule has 1 N–H and O–H groups in total. The fraction of sp³-hybridized carbons (Fsp3) is 0.731. The van der Waals surface area contributed by atoms with Crippen LogP contribution in [0.1, 0.15) is 60.8 Å². The summed E-state index contributed by atoms with van der Waals surface area (Å²) in [5.41, 5.74) is -3.39. The molecule has 0 aromatic heterocycles. The van der Waals surface area contributed by atoms with Gasteiger partial charge >= 0.3 is 17.9 Å². The minimum Gasteiger partial charge on any atom is -0.462 e. The van der Waals surface area contributed by atoms with Crippen molar-refractivity contribution in [2.45, 2.75) is 85.2 Å². The lowest BCUT2D eigenvalue weighted by Crippen LogP contribution is -2.73. The Morgan fingerprint density at radius 1 is 0.943 bits per heavy atom. The number of ketones is 2. The Balaban J connectivity index is 2.02. The molecule has 35 heavy (non-hydrogen) atoms. The van der Waals surface area contributed by atoms with Crippen molar-refractivity contribution >= 4 is 29.5 Å². The smallest absolute Gasteiger partial charge is 0.302 e. The molecule has 0 radical (unpaired) electrons. The van der Waals surface area contributed by atoms with Crippen LogP contribution in [0.2, 0.25) is 0 Å². The van der Waals surface area contributed by atoms with Crippen LogP contribution >= 0.6 is 0 Å². The standard InChI is InChI=1S/C26H34O9/c1-11-15-8-17(33-12(2)27)21-25(7)19(34-13(3)28)9-18(31)24(5,6)20(25)16(30)10-26(21,22(11)32)23(15)35-14(4)29/h15,17-21,23,31H,1,8-10H2,2-7H3/t15?,17?,18-,19+,20+,21-,23?,25?,26+/m0/s1. The third-order valence-electron chi connectivity index (χ3n) is 9.18. The Morgan fingerprint density at radius 2 is 1.51 bits per heavy atom. The molecule has 0 aliphatic heterocycles. The molecule has 0 amide bonds. The van der Waals surface area contributed by atoms with Gasteiger partial charge in [-0.3, -0.25) is 24.0 Å². The number of rotatable bonds is 3. The Hall–Kier alpha value is -2.55. The van der Waals surface area contributed by atoms with Crippen LogP contribution < -0.4 is 0 Å². The molecule has 0 aromatic rings. The fourth-order valence-electron chi connectivity index (χ4n) is 8.23. The van der Waals surface area contributed by atoms with Crippen molar-refractivity contribution < 1.29 is 43.3 Å². The number of esters is 3. The first kappa shape index (κ1) is 25.5. The van der Waals surface area contributed by atoms with Gasteiger partial charge in [0.1, 0.15) is 24.1 Å². The van der Waals surface area contributed by atoms with Crippen LogP contribution in [-0.2, 0) is 38.2 Å². The zero-order valence-corrected chi connectivity index (χ0v) is 21.1. The van der Waals surface area contributed by atoms with Crippen molar-refractivity contribution in [3.05, 3.63) is 12.2 Å². The molecule has 192 valence electrons. The fourth-order valence-corrected chi connectivity index (χ4v) is 8.23. The number of fused-ring (bicyclic) bond motifs is 3. The Bertz CT molecular complexity index is 1030. The summed E-state index contributed by atoms with van der Waals surface area (Å²) in [7, 11) is 0. The number of hydrogen-bond acceptors (Lipinski definition) is 9. The summed E-state index contributed by atoms with van der Waals surface area (Å²) in [5.74, 6) is -4.64. The summed E-state index contributed by atoms with van der Waals surface area (Å²) in [5, 5.41) is 11.0. The second-order valence-electron chi connectivity index (χ2n) is 11.5. The third-order valence-corrected chi connectivity index (χ3v) is 9.18. The summed E-state index contributed by atoms with van der Waals surface area (Å²) in [6.07, 6.45) is -3.67. The van der Waals surface area contributed by atoms with Gasteiger partial charge in [-0.05, 0) is 12.0 Å². The topological polar surface area (TPSA) is 133 Å². The minimum atomic E-state index is -1.51. The average molecular weight is 491 g/mol. The molecule has 9 atom stereocenters. The number of aliphatic hydroxyl groups is 1. The molecule has 4 unspecified atom stereocenters. The Labute approximate surface area is 204 Å². The average Bonchev–Trinajstić information content (AvgIpc) is 2.81. The molecular formula is C26H34O9. The van der Waals surface area contributed by atoms with Gasteiger partial charge in [-0.15, -0.1) is 0 Å². The Morgan fingerprint density at radius 3 is 2.06 bits per heavy atom. The molecule has 4 fully saturated rings. The lowest BCUT2D eigenvalue weighted by Gasteiger charge is -2.66. The second kappa shape index (κ2) is 7.98. The molecule has 4 aliphatic carbocycles. The predicted octanol–water partition coefficient (Wildman–Crippen LogP) is 1.93. The van der Waals surface area contributed by atoms with Gasteiger partial charge in [0.2, 0.25) is 0 Å². The lowest BCUT2D eigenvalue weighted by atomic mass is 9.38. The van der Waals surface area contributed by atoms with Crippen LogP contribution in [0, 0.1) is 34.0 Å². The second-order valence-corrected chi connectivity index (χ2v) is 11.5. The van der Waals surface area contributed by atoms with Crippen LogP contribution in [-0.4, -0.2) is 59.0 Å². The summed E-state index contributed by atoms with van der Waals surface area (Å²) >= 11 is 0. The van der Waals surface area contributed by atoms with Gasteiger partial charge in [0.15, 0.2) is 5.78 Å². The van der Waals surface area contributed by atoms with Gasteiger partial charge < -0.3 is 19.3 Å². The quantitative estimate of drug-likeness (QED) is 0.358. The highest BCUT2D eigenvalue weighted by Crippen LogP contribution is 2.71. The highest BCUT2D eigenvalue weighted by molar-refractivity contribution is 6.07. The number of hydrogen-bond donors (Lipinski definition) is 1. The normalized spacial score (nSPS) is 43.6. The van der Waals surface area contributed by atoms with Crippen molar-refractivity contribution in [3.8, 4) is 0 Å². The number of Topliss-reactive ketones (excluding diaryl/α,β-unsaturated/α-hetero) is 2. The Kier molecular flexibility index (Phi) is 5.82. The van der Waals surface area contributed by atoms with Crippen LogP contribution in [0.25, 0.3) is 0 Å². The van der Waals surface area contributed by atoms with E-state index in [0.717, 1.165) is 0 Å². The summed E-state index contributed by atoms with van der Waals surface area (Å²) in [6, 6.07) is 0. The third kappa shape index (κ3) is 3.33. The van der Waals surface area contributed by atoms with E-state index in [4.69, 9.17) is 14.2 Å². The summed E-state index contributed by atoms with van der Waals surface area (Å²) in [4.78, 5) is 64.4. The van der Waals surface area contributed by atoms with Gasteiger partial charge in [-0.1, -0.05) is 27.4 Å². The van der Waals surface area contributed by atoms with Gasteiger partial charge in [0.25, 0.3) is 0 Å². The number of aliphatic hydroxyl groups excluding tert-OH is 1. The molecule has 0 aromatic carbocycles. The van der Waals surface area contributed by atoms with Crippen molar-refractivity contribution in [1.29, 1.82) is 0 Å². The van der Waals surface area contributed by atoms with E-state index in [-0.39, 0.29) is 36.4 Å². The van der Waals surface area contributed by atoms with E-state index >= 15 is 0 Å². The van der Waals surface area contributed by atoms with Gasteiger partial charge in [-0.2, -0.15) is 0 Å². The maximum atomic E-state index is 14.0. The lowest BCUT2D eigenvalue weighted by molar-refractivity contribution is -0.261. The molecule has 4 rings (SSSR count). The first-order valence-electron chi connectivity index (χ1n) is 12.1. The van der Waals surface area contributed by atoms with Gasteiger partial charge in [-0.25, -0.2) is 0 Å². The first-order chi connectivity index (χ1) is 16.1. The number of carbonyl (C=O) groups excluding carboxylic acids is 5. The van der Waals surface area contributed by atoms with E-state index in [1.54, 1.807) is 20.8 Å². The maximum absolute atomic E-state index is 14.0. The highest BCUT2D eigenvalue weighted by atomic mass is 16.6. The van der Waals surface area contributed by atoms with E-state index in [0.29, 0.717) is 0 Å². The van der Waals surface area contributed by atoms with Crippen molar-refractivity contribution in [2.75, 3.05) is 0 Å². The van der Waals surface area contributed by atoms with E-state index < -0.39 is 76.3 Å². The molecule has 2 bridgehead atoms. The summed E-state index contributed by atoms with van der Waals surface area (Å²) < 4.78 is 17.2. The summed E-state index contributed by atoms with van der Waals surface area (Å²) in [6.45, 7) is 13.1. The van der Waals surface area contributed by atoms with Crippen LogP contribution in [0.4, 0.5) is 0 Å². The number of carbonyl (C=O) groups is 5. The molecule has 9 nitrogen and oxygen atoms in total. The largest absolute Gasteiger partial charge is 0.462 e. The zero-order chi connectivity index (χ0) is 26.2.